The minimum Gasteiger partial charge on any atom is -0.341 e. The van der Waals surface area contributed by atoms with Crippen LogP contribution in [-0.4, -0.2) is 55.2 Å². The number of amides is 1. The summed E-state index contributed by atoms with van der Waals surface area (Å²) >= 11 is 0. The fraction of sp³-hybridized carbons (Fsp3) is 0.913. The van der Waals surface area contributed by atoms with Gasteiger partial charge in [0.05, 0.1) is 0 Å². The van der Waals surface area contributed by atoms with Crippen LogP contribution in [0.1, 0.15) is 96.8 Å². The van der Waals surface area contributed by atoms with Gasteiger partial charge in [0, 0.05) is 38.5 Å². The maximum atomic E-state index is 12.4. The lowest BCUT2D eigenvalue weighted by Gasteiger charge is -2.21. The lowest BCUT2D eigenvalue weighted by molar-refractivity contribution is -0.131. The zero-order valence-electron chi connectivity index (χ0n) is 18.1. The lowest BCUT2D eigenvalue weighted by Crippen LogP contribution is -2.36. The molecule has 4 heteroatoms. The van der Waals surface area contributed by atoms with Crippen LogP contribution in [0.4, 0.5) is 0 Å². The predicted molar refractivity (Wildman–Crippen MR) is 114 cm³/mol. The SMILES string of the molecule is CCCCCCCCCCCCCCCC(=O)N1CCN(C)CC(C=O)C1. The molecule has 1 atom stereocenters. The van der Waals surface area contributed by atoms with Gasteiger partial charge in [0.15, 0.2) is 0 Å². The zero-order chi connectivity index (χ0) is 19.7. The molecule has 27 heavy (non-hydrogen) atoms. The van der Waals surface area contributed by atoms with Crippen LogP contribution in [0, 0.1) is 5.92 Å². The third-order valence-electron chi connectivity index (χ3n) is 5.79. The fourth-order valence-corrected chi connectivity index (χ4v) is 3.98. The number of unbranched alkanes of at least 4 members (excludes halogenated alkanes) is 12. The fourth-order valence-electron chi connectivity index (χ4n) is 3.98. The largest absolute Gasteiger partial charge is 0.341 e. The van der Waals surface area contributed by atoms with Gasteiger partial charge in [-0.05, 0) is 13.5 Å². The second-order valence-electron chi connectivity index (χ2n) is 8.49. The molecule has 1 saturated heterocycles. The smallest absolute Gasteiger partial charge is 0.222 e. The van der Waals surface area contributed by atoms with E-state index in [-0.39, 0.29) is 11.8 Å². The number of nitrogens with zero attached hydrogens (tertiary/aromatic N) is 2. The topological polar surface area (TPSA) is 40.6 Å². The first kappa shape index (κ1) is 24.1. The Kier molecular flexibility index (Phi) is 14.4. The Labute approximate surface area is 168 Å². The molecule has 0 aromatic heterocycles. The summed E-state index contributed by atoms with van der Waals surface area (Å²) in [6.07, 6.45) is 18.9. The highest BCUT2D eigenvalue weighted by Gasteiger charge is 2.23. The zero-order valence-corrected chi connectivity index (χ0v) is 18.1. The van der Waals surface area contributed by atoms with Crippen LogP contribution in [0.25, 0.3) is 0 Å². The summed E-state index contributed by atoms with van der Waals surface area (Å²) in [5.41, 5.74) is 0. The first-order chi connectivity index (χ1) is 13.2. The van der Waals surface area contributed by atoms with E-state index in [0.717, 1.165) is 38.8 Å². The van der Waals surface area contributed by atoms with Crippen molar-refractivity contribution in [3.63, 3.8) is 0 Å². The molecule has 0 aromatic rings. The van der Waals surface area contributed by atoms with E-state index in [4.69, 9.17) is 0 Å². The molecule has 1 amide bonds. The lowest BCUT2D eigenvalue weighted by atomic mass is 10.0. The molecule has 4 nitrogen and oxygen atoms in total. The predicted octanol–water partition coefficient (Wildman–Crippen LogP) is 5.06. The van der Waals surface area contributed by atoms with Crippen LogP contribution in [0.3, 0.4) is 0 Å². The Balaban J connectivity index is 1.95. The van der Waals surface area contributed by atoms with E-state index < -0.39 is 0 Å². The van der Waals surface area contributed by atoms with Gasteiger partial charge >= 0.3 is 0 Å². The summed E-state index contributed by atoms with van der Waals surface area (Å²) in [7, 11) is 2.02. The first-order valence-corrected chi connectivity index (χ1v) is 11.6. The number of aldehydes is 1. The Bertz CT molecular complexity index is 387. The van der Waals surface area contributed by atoms with Crippen molar-refractivity contribution in [3.05, 3.63) is 0 Å². The second kappa shape index (κ2) is 16.1. The third kappa shape index (κ3) is 12.2. The van der Waals surface area contributed by atoms with Crippen molar-refractivity contribution in [2.75, 3.05) is 33.2 Å². The molecule has 1 heterocycles. The molecule has 1 unspecified atom stereocenters. The number of hydrogen-bond donors (Lipinski definition) is 0. The Hall–Kier alpha value is -0.900. The molecule has 1 aliphatic rings. The van der Waals surface area contributed by atoms with Crippen LogP contribution >= 0.6 is 0 Å². The highest BCUT2D eigenvalue weighted by Crippen LogP contribution is 2.14. The van der Waals surface area contributed by atoms with Gasteiger partial charge in [-0.1, -0.05) is 84.0 Å². The minimum atomic E-state index is -0.0342. The van der Waals surface area contributed by atoms with Crippen LogP contribution in [0.5, 0.6) is 0 Å². The van der Waals surface area contributed by atoms with Crippen molar-refractivity contribution in [3.8, 4) is 0 Å². The van der Waals surface area contributed by atoms with Gasteiger partial charge in [-0.3, -0.25) is 4.79 Å². The molecule has 0 aliphatic carbocycles. The van der Waals surface area contributed by atoms with Crippen LogP contribution in [0.2, 0.25) is 0 Å². The van der Waals surface area contributed by atoms with Crippen LogP contribution < -0.4 is 0 Å². The Morgan fingerprint density at radius 1 is 0.815 bits per heavy atom. The standard InChI is InChI=1S/C23H44N2O2/c1-3-4-5-6-7-8-9-10-11-12-13-14-15-16-23(27)25-18-17-24(2)19-22(20-25)21-26/h21-22H,3-20H2,1-2H3. The first-order valence-electron chi connectivity index (χ1n) is 11.6. The maximum absolute atomic E-state index is 12.4. The van der Waals surface area contributed by atoms with Gasteiger partial charge in [-0.2, -0.15) is 0 Å². The van der Waals surface area contributed by atoms with E-state index in [1.807, 2.05) is 11.9 Å². The van der Waals surface area contributed by atoms with Crippen molar-refractivity contribution in [1.82, 2.24) is 9.80 Å². The molecule has 0 aromatic carbocycles. The average Bonchev–Trinajstić information content (AvgIpc) is 2.86. The quantitative estimate of drug-likeness (QED) is 0.295. The van der Waals surface area contributed by atoms with Crippen LogP contribution in [0.15, 0.2) is 0 Å². The van der Waals surface area contributed by atoms with Gasteiger partial charge < -0.3 is 14.6 Å². The third-order valence-corrected chi connectivity index (χ3v) is 5.79. The number of carbonyl (C=O) groups is 2. The molecule has 0 saturated carbocycles. The van der Waals surface area contributed by atoms with E-state index in [9.17, 15) is 9.59 Å². The van der Waals surface area contributed by atoms with Gasteiger partial charge in [0.25, 0.3) is 0 Å². The van der Waals surface area contributed by atoms with E-state index in [0.29, 0.717) is 13.0 Å². The molecular weight excluding hydrogens is 336 g/mol. The van der Waals surface area contributed by atoms with Crippen LogP contribution in [-0.2, 0) is 9.59 Å². The molecule has 0 spiro atoms. The molecule has 1 rings (SSSR count). The minimum absolute atomic E-state index is 0.0342. The van der Waals surface area contributed by atoms with Crippen molar-refractivity contribution < 1.29 is 9.59 Å². The van der Waals surface area contributed by atoms with Crippen molar-refractivity contribution in [2.45, 2.75) is 96.8 Å². The Morgan fingerprint density at radius 3 is 1.85 bits per heavy atom. The molecular formula is C23H44N2O2. The summed E-state index contributed by atoms with van der Waals surface area (Å²) in [5, 5.41) is 0. The summed E-state index contributed by atoms with van der Waals surface area (Å²) in [4.78, 5) is 27.6. The Morgan fingerprint density at radius 2 is 1.33 bits per heavy atom. The molecule has 1 aliphatic heterocycles. The monoisotopic (exact) mass is 380 g/mol. The van der Waals surface area contributed by atoms with Crippen molar-refractivity contribution in [2.24, 2.45) is 5.92 Å². The number of rotatable bonds is 15. The second-order valence-corrected chi connectivity index (χ2v) is 8.49. The van der Waals surface area contributed by atoms with E-state index >= 15 is 0 Å². The van der Waals surface area contributed by atoms with Gasteiger partial charge in [-0.25, -0.2) is 0 Å². The summed E-state index contributed by atoms with van der Waals surface area (Å²) in [5.74, 6) is 0.202. The number of hydrogen-bond acceptors (Lipinski definition) is 3. The van der Waals surface area contributed by atoms with E-state index in [1.54, 1.807) is 0 Å². The maximum Gasteiger partial charge on any atom is 0.222 e. The van der Waals surface area contributed by atoms with E-state index in [1.165, 1.54) is 70.6 Å². The van der Waals surface area contributed by atoms with E-state index in [2.05, 4.69) is 11.8 Å². The average molecular weight is 381 g/mol. The van der Waals surface area contributed by atoms with Crippen molar-refractivity contribution >= 4 is 12.2 Å². The number of likely N-dealkylation sites (N-methyl/N-ethyl adjacent to an activating group) is 1. The van der Waals surface area contributed by atoms with Gasteiger partial charge in [0.1, 0.15) is 6.29 Å². The summed E-state index contributed by atoms with van der Waals surface area (Å²) in [6, 6.07) is 0. The van der Waals surface area contributed by atoms with Crippen molar-refractivity contribution in [1.29, 1.82) is 0 Å². The van der Waals surface area contributed by atoms with Gasteiger partial charge in [-0.15, -0.1) is 0 Å². The molecule has 0 bridgehead atoms. The highest BCUT2D eigenvalue weighted by atomic mass is 16.2. The molecule has 0 radical (unpaired) electrons. The highest BCUT2D eigenvalue weighted by molar-refractivity contribution is 5.76. The molecule has 0 N–H and O–H groups in total. The molecule has 158 valence electrons. The van der Waals surface area contributed by atoms with Gasteiger partial charge in [0.2, 0.25) is 5.91 Å². The normalized spacial score (nSPS) is 18.4. The molecule has 1 fully saturated rings. The number of carbonyl (C=O) groups excluding carboxylic acids is 2. The summed E-state index contributed by atoms with van der Waals surface area (Å²) < 4.78 is 0. The summed E-state index contributed by atoms with van der Waals surface area (Å²) in [6.45, 7) is 5.27.